The summed E-state index contributed by atoms with van der Waals surface area (Å²) in [5, 5.41) is 0. The smallest absolute Gasteiger partial charge is 0.0479 e. The van der Waals surface area contributed by atoms with E-state index in [1.165, 1.54) is 16.8 Å². The van der Waals surface area contributed by atoms with Gasteiger partial charge in [-0.25, -0.2) is 0 Å². The van der Waals surface area contributed by atoms with E-state index in [1.807, 2.05) is 11.9 Å². The average molecular weight is 205 g/mol. The van der Waals surface area contributed by atoms with Crippen molar-refractivity contribution in [1.82, 2.24) is 0 Å². The molecular weight excluding hydrogens is 190 g/mol. The maximum absolute atomic E-state index is 2.34. The van der Waals surface area contributed by atoms with Gasteiger partial charge in [0.1, 0.15) is 0 Å². The zero-order chi connectivity index (χ0) is 9.97. The maximum Gasteiger partial charge on any atom is 0.0479 e. The van der Waals surface area contributed by atoms with E-state index in [4.69, 9.17) is 0 Å². The summed E-state index contributed by atoms with van der Waals surface area (Å²) in [6.45, 7) is 5.34. The molecular formula is C12H15NS. The van der Waals surface area contributed by atoms with Gasteiger partial charge in [0.15, 0.2) is 0 Å². The molecule has 2 heteroatoms. The van der Waals surface area contributed by atoms with Crippen molar-refractivity contribution in [2.75, 3.05) is 16.6 Å². The Morgan fingerprint density at radius 1 is 1.14 bits per heavy atom. The van der Waals surface area contributed by atoms with E-state index in [-0.39, 0.29) is 0 Å². The number of rotatable bonds is 1. The maximum atomic E-state index is 2.34. The summed E-state index contributed by atoms with van der Waals surface area (Å²) in [5.41, 5.74) is 4.12. The van der Waals surface area contributed by atoms with Crippen molar-refractivity contribution in [2.45, 2.75) is 13.8 Å². The Balaban J connectivity index is 2.13. The summed E-state index contributed by atoms with van der Waals surface area (Å²) in [4.78, 5) is 0. The molecule has 0 amide bonds. The highest BCUT2D eigenvalue weighted by Crippen LogP contribution is 2.27. The van der Waals surface area contributed by atoms with Gasteiger partial charge in [-0.05, 0) is 37.9 Å². The van der Waals surface area contributed by atoms with Gasteiger partial charge in [0.25, 0.3) is 0 Å². The van der Waals surface area contributed by atoms with E-state index in [0.29, 0.717) is 0 Å². The summed E-state index contributed by atoms with van der Waals surface area (Å²) in [5.74, 6) is 1.12. The molecule has 1 aromatic rings. The molecule has 0 unspecified atom stereocenters. The molecule has 14 heavy (non-hydrogen) atoms. The first-order chi connectivity index (χ1) is 6.75. The Labute approximate surface area is 89.9 Å². The zero-order valence-corrected chi connectivity index (χ0v) is 9.47. The van der Waals surface area contributed by atoms with Gasteiger partial charge in [-0.15, -0.1) is 0 Å². The third kappa shape index (κ3) is 2.13. The molecule has 1 nitrogen and oxygen atoms in total. The number of benzene rings is 1. The molecule has 1 heterocycles. The second-order valence-corrected chi connectivity index (χ2v) is 4.71. The molecule has 0 saturated carbocycles. The first-order valence-corrected chi connectivity index (χ1v) is 5.83. The van der Waals surface area contributed by atoms with Crippen LogP contribution < -0.4 is 4.31 Å². The van der Waals surface area contributed by atoms with E-state index in [9.17, 15) is 0 Å². The van der Waals surface area contributed by atoms with Crippen LogP contribution in [0.1, 0.15) is 12.5 Å². The number of aryl methyl sites for hydroxylation is 1. The predicted molar refractivity (Wildman–Crippen MR) is 64.7 cm³/mol. The topological polar surface area (TPSA) is 3.24 Å². The van der Waals surface area contributed by atoms with Gasteiger partial charge >= 0.3 is 0 Å². The lowest BCUT2D eigenvalue weighted by Gasteiger charge is -2.26. The summed E-state index contributed by atoms with van der Waals surface area (Å²) >= 11 is 1.90. The van der Waals surface area contributed by atoms with Crippen LogP contribution in [0, 0.1) is 6.92 Å². The quantitative estimate of drug-likeness (QED) is 0.510. The van der Waals surface area contributed by atoms with E-state index in [2.05, 4.69) is 48.5 Å². The van der Waals surface area contributed by atoms with Gasteiger partial charge in [0.05, 0.1) is 0 Å². The molecule has 0 radical (unpaired) electrons. The Bertz CT molecular complexity index is 340. The molecule has 0 aliphatic carbocycles. The molecule has 1 aromatic carbocycles. The molecule has 0 N–H and O–H groups in total. The van der Waals surface area contributed by atoms with Crippen LogP contribution in [0.4, 0.5) is 5.69 Å². The van der Waals surface area contributed by atoms with Gasteiger partial charge in [-0.3, -0.25) is 0 Å². The zero-order valence-electron chi connectivity index (χ0n) is 8.66. The third-order valence-electron chi connectivity index (χ3n) is 2.38. The number of hydrogen-bond donors (Lipinski definition) is 0. The van der Waals surface area contributed by atoms with Crippen LogP contribution in [0.2, 0.25) is 0 Å². The third-order valence-corrected chi connectivity index (χ3v) is 3.63. The van der Waals surface area contributed by atoms with Crippen molar-refractivity contribution in [2.24, 2.45) is 0 Å². The highest BCUT2D eigenvalue weighted by atomic mass is 32.2. The van der Waals surface area contributed by atoms with Gasteiger partial charge < -0.3 is 4.31 Å². The van der Waals surface area contributed by atoms with Crippen LogP contribution in [0.3, 0.4) is 0 Å². The lowest BCUT2D eigenvalue weighted by atomic mass is 10.2. The molecule has 1 aliphatic rings. The molecule has 0 spiro atoms. The Morgan fingerprint density at radius 2 is 1.86 bits per heavy atom. The van der Waals surface area contributed by atoms with Crippen molar-refractivity contribution < 1.29 is 0 Å². The number of anilines is 1. The molecule has 0 bridgehead atoms. The lowest BCUT2D eigenvalue weighted by Crippen LogP contribution is -2.19. The molecule has 0 fully saturated rings. The second kappa shape index (κ2) is 4.09. The van der Waals surface area contributed by atoms with E-state index >= 15 is 0 Å². The minimum Gasteiger partial charge on any atom is -0.312 e. The summed E-state index contributed by atoms with van der Waals surface area (Å²) in [6.07, 6.45) is 2.30. The summed E-state index contributed by atoms with van der Waals surface area (Å²) < 4.78 is 2.34. The fraction of sp³-hybridized carbons (Fsp3) is 0.333. The van der Waals surface area contributed by atoms with Crippen LogP contribution in [0.5, 0.6) is 0 Å². The molecule has 74 valence electrons. The Hall–Kier alpha value is -0.890. The standard InChI is InChI=1S/C12H15NS/c1-10-3-5-12(6-4-10)13-8-7-11(2)9-14-13/h3-7H,8-9H2,1-2H3. The largest absolute Gasteiger partial charge is 0.312 e. The fourth-order valence-corrected chi connectivity index (χ4v) is 2.35. The van der Waals surface area contributed by atoms with E-state index in [1.54, 1.807) is 0 Å². The van der Waals surface area contributed by atoms with Crippen LogP contribution in [0.15, 0.2) is 35.9 Å². The van der Waals surface area contributed by atoms with E-state index in [0.717, 1.165) is 12.3 Å². The van der Waals surface area contributed by atoms with Gasteiger partial charge in [0, 0.05) is 18.0 Å². The normalized spacial score (nSPS) is 16.7. The van der Waals surface area contributed by atoms with Gasteiger partial charge in [0.2, 0.25) is 0 Å². The fourth-order valence-electron chi connectivity index (χ4n) is 1.42. The molecule has 0 aromatic heterocycles. The van der Waals surface area contributed by atoms with Crippen LogP contribution >= 0.6 is 11.9 Å². The van der Waals surface area contributed by atoms with E-state index < -0.39 is 0 Å². The number of nitrogens with zero attached hydrogens (tertiary/aromatic N) is 1. The van der Waals surface area contributed by atoms with Gasteiger partial charge in [-0.1, -0.05) is 29.3 Å². The van der Waals surface area contributed by atoms with Crippen molar-refractivity contribution in [3.05, 3.63) is 41.5 Å². The SMILES string of the molecule is CC1=CCN(c2ccc(C)cc2)SC1. The van der Waals surface area contributed by atoms with Crippen LogP contribution in [-0.2, 0) is 0 Å². The van der Waals surface area contributed by atoms with Crippen molar-refractivity contribution in [3.8, 4) is 0 Å². The molecule has 0 saturated heterocycles. The van der Waals surface area contributed by atoms with Crippen LogP contribution in [0.25, 0.3) is 0 Å². The first kappa shape index (κ1) is 9.66. The number of hydrogen-bond acceptors (Lipinski definition) is 2. The average Bonchev–Trinajstić information content (AvgIpc) is 2.21. The first-order valence-electron chi connectivity index (χ1n) is 4.88. The summed E-state index contributed by atoms with van der Waals surface area (Å²) in [7, 11) is 0. The molecule has 1 aliphatic heterocycles. The lowest BCUT2D eigenvalue weighted by molar-refractivity contribution is 1.15. The monoisotopic (exact) mass is 205 g/mol. The molecule has 2 rings (SSSR count). The van der Waals surface area contributed by atoms with Crippen LogP contribution in [-0.4, -0.2) is 12.3 Å². The minimum atomic E-state index is 1.03. The highest BCUT2D eigenvalue weighted by Gasteiger charge is 2.10. The second-order valence-electron chi connectivity index (χ2n) is 3.72. The Kier molecular flexibility index (Phi) is 2.82. The highest BCUT2D eigenvalue weighted by molar-refractivity contribution is 8.00. The Morgan fingerprint density at radius 3 is 2.43 bits per heavy atom. The van der Waals surface area contributed by atoms with Gasteiger partial charge in [-0.2, -0.15) is 0 Å². The summed E-state index contributed by atoms with van der Waals surface area (Å²) in [6, 6.07) is 8.72. The van der Waals surface area contributed by atoms with Crippen molar-refractivity contribution in [3.63, 3.8) is 0 Å². The molecule has 0 atom stereocenters. The van der Waals surface area contributed by atoms with Crippen molar-refractivity contribution >= 4 is 17.6 Å². The minimum absolute atomic E-state index is 1.03. The van der Waals surface area contributed by atoms with Crippen molar-refractivity contribution in [1.29, 1.82) is 0 Å². The predicted octanol–water partition coefficient (Wildman–Crippen LogP) is 3.41.